The smallest absolute Gasteiger partial charge is 0.224 e. The molecule has 0 spiro atoms. The van der Waals surface area contributed by atoms with Crippen molar-refractivity contribution in [1.29, 1.82) is 0 Å². The highest BCUT2D eigenvalue weighted by atomic mass is 16.5. The van der Waals surface area contributed by atoms with Gasteiger partial charge in [0.15, 0.2) is 0 Å². The Morgan fingerprint density at radius 1 is 1.08 bits per heavy atom. The summed E-state index contributed by atoms with van der Waals surface area (Å²) in [6.07, 6.45) is 1.12. The van der Waals surface area contributed by atoms with Crippen molar-refractivity contribution in [3.05, 3.63) is 0 Å². The molecule has 0 unspecified atom stereocenters. The number of ether oxygens (including phenoxy) is 1. The highest BCUT2D eigenvalue weighted by molar-refractivity contribution is 5.79. The fraction of sp³-hybridized carbons (Fsp3) is 0.895. The molecule has 1 aliphatic heterocycles. The molecule has 1 heterocycles. The normalized spacial score (nSPS) is 14.2. The predicted molar refractivity (Wildman–Crippen MR) is 107 cm³/mol. The second-order valence-corrected chi connectivity index (χ2v) is 5.60. The van der Waals surface area contributed by atoms with Gasteiger partial charge in [-0.1, -0.05) is 34.6 Å². The molecule has 0 aromatic rings. The molecule has 1 fully saturated rings. The molecule has 152 valence electrons. The van der Waals surface area contributed by atoms with Crippen LogP contribution in [0.5, 0.6) is 0 Å². The molecule has 0 bridgehead atoms. The second-order valence-electron chi connectivity index (χ2n) is 5.60. The lowest BCUT2D eigenvalue weighted by Crippen LogP contribution is -2.49. The molecule has 1 saturated heterocycles. The Balaban J connectivity index is -0.000000985. The molecule has 0 aromatic carbocycles. The van der Waals surface area contributed by atoms with Gasteiger partial charge in [0.1, 0.15) is 0 Å². The zero-order chi connectivity index (χ0) is 19.7. The van der Waals surface area contributed by atoms with Gasteiger partial charge in [0.05, 0.1) is 12.7 Å². The van der Waals surface area contributed by atoms with E-state index in [-0.39, 0.29) is 19.3 Å². The maximum absolute atomic E-state index is 12.0. The summed E-state index contributed by atoms with van der Waals surface area (Å²) in [5.41, 5.74) is 0. The van der Waals surface area contributed by atoms with Crippen LogP contribution in [0.4, 0.5) is 0 Å². The zero-order valence-corrected chi connectivity index (χ0v) is 17.6. The first-order chi connectivity index (χ1) is 12.0. The Morgan fingerprint density at radius 2 is 1.64 bits per heavy atom. The number of hydrogen-bond donors (Lipinski definition) is 1. The Labute approximate surface area is 156 Å². The third kappa shape index (κ3) is 13.8. The summed E-state index contributed by atoms with van der Waals surface area (Å²) in [6, 6.07) is 0. The predicted octanol–water partition coefficient (Wildman–Crippen LogP) is 2.77. The van der Waals surface area contributed by atoms with Gasteiger partial charge in [0.25, 0.3) is 0 Å². The molecule has 25 heavy (non-hydrogen) atoms. The molecule has 0 atom stereocenters. The van der Waals surface area contributed by atoms with E-state index in [9.17, 15) is 9.59 Å². The Morgan fingerprint density at radius 3 is 2.12 bits per heavy atom. The minimum atomic E-state index is -0.00206. The fourth-order valence-corrected chi connectivity index (χ4v) is 2.23. The molecule has 0 radical (unpaired) electrons. The number of piperazine rings is 1. The molecular weight excluding hydrogens is 318 g/mol. The average molecular weight is 362 g/mol. The van der Waals surface area contributed by atoms with Gasteiger partial charge in [-0.2, -0.15) is 0 Å². The minimum Gasteiger partial charge on any atom is -0.377 e. The van der Waals surface area contributed by atoms with Gasteiger partial charge in [-0.3, -0.25) is 14.5 Å². The van der Waals surface area contributed by atoms with Crippen molar-refractivity contribution in [1.82, 2.24) is 15.1 Å². The van der Waals surface area contributed by atoms with E-state index < -0.39 is 0 Å². The van der Waals surface area contributed by atoms with E-state index in [0.29, 0.717) is 19.4 Å². The summed E-state index contributed by atoms with van der Waals surface area (Å²) in [4.78, 5) is 27.3. The molecule has 0 aromatic heterocycles. The lowest BCUT2D eigenvalue weighted by atomic mass is 10.2. The third-order valence-electron chi connectivity index (χ3n) is 3.57. The lowest BCUT2D eigenvalue weighted by molar-refractivity contribution is -0.133. The van der Waals surface area contributed by atoms with E-state index in [2.05, 4.69) is 10.2 Å². The quantitative estimate of drug-likeness (QED) is 0.722. The van der Waals surface area contributed by atoms with E-state index in [1.807, 2.05) is 46.4 Å². The van der Waals surface area contributed by atoms with Gasteiger partial charge in [-0.15, -0.1) is 0 Å². The number of amides is 2. The van der Waals surface area contributed by atoms with Crippen molar-refractivity contribution >= 4 is 11.8 Å². The van der Waals surface area contributed by atoms with E-state index >= 15 is 0 Å². The largest absolute Gasteiger partial charge is 0.377 e. The van der Waals surface area contributed by atoms with E-state index in [1.165, 1.54) is 0 Å². The number of rotatable bonds is 8. The SMILES string of the molecule is CC.CC.CCC(=O)NCCC(=O)N1CCN(CCOC(C)C)CC1.[HH]. The van der Waals surface area contributed by atoms with Crippen LogP contribution in [0.3, 0.4) is 0 Å². The van der Waals surface area contributed by atoms with E-state index in [1.54, 1.807) is 6.92 Å². The van der Waals surface area contributed by atoms with Crippen LogP contribution < -0.4 is 5.32 Å². The van der Waals surface area contributed by atoms with Crippen LogP contribution in [0.1, 0.15) is 62.7 Å². The van der Waals surface area contributed by atoms with Crippen molar-refractivity contribution in [3.63, 3.8) is 0 Å². The maximum Gasteiger partial charge on any atom is 0.224 e. The van der Waals surface area contributed by atoms with Crippen LogP contribution in [0.15, 0.2) is 0 Å². The topological polar surface area (TPSA) is 61.9 Å². The first-order valence-corrected chi connectivity index (χ1v) is 9.91. The van der Waals surface area contributed by atoms with Crippen LogP contribution >= 0.6 is 0 Å². The molecule has 6 heteroatoms. The number of carbonyl (C=O) groups is 2. The zero-order valence-electron chi connectivity index (χ0n) is 17.6. The van der Waals surface area contributed by atoms with Crippen LogP contribution in [-0.2, 0) is 14.3 Å². The molecule has 1 aliphatic rings. The van der Waals surface area contributed by atoms with Gasteiger partial charge < -0.3 is 15.0 Å². The highest BCUT2D eigenvalue weighted by Gasteiger charge is 2.20. The molecule has 6 nitrogen and oxygen atoms in total. The summed E-state index contributed by atoms with van der Waals surface area (Å²) in [5.74, 6) is 0.127. The highest BCUT2D eigenvalue weighted by Crippen LogP contribution is 2.04. The van der Waals surface area contributed by atoms with Gasteiger partial charge in [-0.05, 0) is 13.8 Å². The Kier molecular flexibility index (Phi) is 18.4. The summed E-state index contributed by atoms with van der Waals surface area (Å²) < 4.78 is 5.54. The molecule has 1 rings (SSSR count). The van der Waals surface area contributed by atoms with Gasteiger partial charge in [0, 0.05) is 53.5 Å². The first kappa shape index (κ1) is 26.1. The van der Waals surface area contributed by atoms with Crippen molar-refractivity contribution in [2.75, 3.05) is 45.9 Å². The van der Waals surface area contributed by atoms with Gasteiger partial charge >= 0.3 is 0 Å². The van der Waals surface area contributed by atoms with Crippen molar-refractivity contribution in [2.45, 2.75) is 67.4 Å². The molecular formula is C19H43N3O3. The number of nitrogens with one attached hydrogen (secondary N) is 1. The number of carbonyl (C=O) groups excluding carboxylic acids is 2. The summed E-state index contributed by atoms with van der Waals surface area (Å²) >= 11 is 0. The lowest BCUT2D eigenvalue weighted by Gasteiger charge is -2.34. The third-order valence-corrected chi connectivity index (χ3v) is 3.57. The maximum atomic E-state index is 12.0. The molecule has 1 N–H and O–H groups in total. The monoisotopic (exact) mass is 361 g/mol. The van der Waals surface area contributed by atoms with Gasteiger partial charge in [0.2, 0.25) is 11.8 Å². The fourth-order valence-electron chi connectivity index (χ4n) is 2.23. The first-order valence-electron chi connectivity index (χ1n) is 9.91. The summed E-state index contributed by atoms with van der Waals surface area (Å²) in [7, 11) is 0. The molecule has 2 amide bonds. The van der Waals surface area contributed by atoms with E-state index in [4.69, 9.17) is 4.74 Å². The van der Waals surface area contributed by atoms with Gasteiger partial charge in [-0.25, -0.2) is 0 Å². The van der Waals surface area contributed by atoms with Crippen LogP contribution in [0.25, 0.3) is 0 Å². The standard InChI is InChI=1S/C15H29N3O3.2C2H6.H2/c1-4-14(19)16-6-5-15(20)18-9-7-17(8-10-18)11-12-21-13(2)3;2*1-2;/h13H,4-12H2,1-3H3,(H,16,19);2*1-2H3;1H. The molecule has 0 saturated carbocycles. The number of nitrogens with zero attached hydrogens (tertiary/aromatic N) is 2. The van der Waals surface area contributed by atoms with Crippen LogP contribution in [-0.4, -0.2) is 73.6 Å². The molecule has 0 aliphatic carbocycles. The summed E-state index contributed by atoms with van der Waals surface area (Å²) in [5, 5.41) is 2.74. The van der Waals surface area contributed by atoms with Crippen LogP contribution in [0, 0.1) is 0 Å². The van der Waals surface area contributed by atoms with E-state index in [0.717, 1.165) is 39.3 Å². The number of hydrogen-bond acceptors (Lipinski definition) is 4. The average Bonchev–Trinajstić information content (AvgIpc) is 2.65. The minimum absolute atomic E-state index is 0. The van der Waals surface area contributed by atoms with Crippen molar-refractivity contribution in [2.24, 2.45) is 0 Å². The summed E-state index contributed by atoms with van der Waals surface area (Å²) in [6.45, 7) is 19.3. The second kappa shape index (κ2) is 17.7. The van der Waals surface area contributed by atoms with Crippen LogP contribution in [0.2, 0.25) is 0 Å². The Bertz CT molecular complexity index is 334. The Hall–Kier alpha value is -1.14. The van der Waals surface area contributed by atoms with Crippen molar-refractivity contribution < 1.29 is 15.8 Å². The van der Waals surface area contributed by atoms with Crippen molar-refractivity contribution in [3.8, 4) is 0 Å².